The highest BCUT2D eigenvalue weighted by atomic mass is 35.5. The maximum absolute atomic E-state index is 13.2. The van der Waals surface area contributed by atoms with Crippen LogP contribution in [0.2, 0.25) is 20.1 Å². The number of halogens is 4. The topological polar surface area (TPSA) is 132 Å². The molecule has 0 radical (unpaired) electrons. The van der Waals surface area contributed by atoms with Crippen molar-refractivity contribution in [1.29, 1.82) is 0 Å². The van der Waals surface area contributed by atoms with Gasteiger partial charge in [-0.05, 0) is 69.2 Å². The van der Waals surface area contributed by atoms with Crippen LogP contribution in [0.1, 0.15) is 53.5 Å². The highest BCUT2D eigenvalue weighted by Gasteiger charge is 2.26. The number of ether oxygens (including phenoxy) is 3. The quantitative estimate of drug-likeness (QED) is 0.132. The molecule has 0 aliphatic carbocycles. The summed E-state index contributed by atoms with van der Waals surface area (Å²) in [7, 11) is 1.20. The molecule has 3 rings (SSSR count). The predicted molar refractivity (Wildman–Crippen MR) is 179 cm³/mol. The minimum absolute atomic E-state index is 0.00853. The number of anilines is 1. The van der Waals surface area contributed by atoms with Crippen molar-refractivity contribution >= 4 is 76.0 Å². The van der Waals surface area contributed by atoms with Crippen molar-refractivity contribution in [2.75, 3.05) is 25.6 Å². The highest BCUT2D eigenvalue weighted by molar-refractivity contribution is 6.41. The van der Waals surface area contributed by atoms with E-state index in [1.54, 1.807) is 63.2 Å². The maximum Gasteiger partial charge on any atom is 0.407 e. The van der Waals surface area contributed by atoms with Gasteiger partial charge in [0.1, 0.15) is 17.4 Å². The van der Waals surface area contributed by atoms with Gasteiger partial charge in [-0.2, -0.15) is 0 Å². The van der Waals surface area contributed by atoms with E-state index in [1.807, 2.05) is 0 Å². The van der Waals surface area contributed by atoms with E-state index in [-0.39, 0.29) is 44.2 Å². The summed E-state index contributed by atoms with van der Waals surface area (Å²) in [5.74, 6) is -1.55. The Kier molecular flexibility index (Phi) is 13.4. The molecule has 0 heterocycles. The normalized spacial score (nSPS) is 11.7. The average Bonchev–Trinajstić information content (AvgIpc) is 2.96. The van der Waals surface area contributed by atoms with Crippen LogP contribution in [0.5, 0.6) is 5.75 Å². The maximum atomic E-state index is 13.2. The summed E-state index contributed by atoms with van der Waals surface area (Å²) in [5.41, 5.74) is 0.621. The molecule has 0 saturated carbocycles. The van der Waals surface area contributed by atoms with Gasteiger partial charge in [0, 0.05) is 18.7 Å². The van der Waals surface area contributed by atoms with Crippen molar-refractivity contribution in [2.24, 2.45) is 0 Å². The highest BCUT2D eigenvalue weighted by Crippen LogP contribution is 2.31. The smallest absolute Gasteiger partial charge is 0.407 e. The first-order valence-electron chi connectivity index (χ1n) is 14.0. The van der Waals surface area contributed by atoms with Crippen LogP contribution in [0, 0.1) is 0 Å². The molecule has 1 atom stereocenters. The fraction of sp³-hybridized carbons (Fsp3) is 0.312. The van der Waals surface area contributed by atoms with E-state index < -0.39 is 35.5 Å². The van der Waals surface area contributed by atoms with Crippen LogP contribution in [0.15, 0.2) is 54.6 Å². The lowest BCUT2D eigenvalue weighted by molar-refractivity contribution is -0.142. The van der Waals surface area contributed by atoms with E-state index >= 15 is 0 Å². The second-order valence-corrected chi connectivity index (χ2v) is 12.5. The fourth-order valence-corrected chi connectivity index (χ4v) is 5.26. The number of hydrogen-bond donors (Lipinski definition) is 3. The number of methoxy groups -OCH3 is 1. The summed E-state index contributed by atoms with van der Waals surface area (Å²) in [6.07, 6.45) is 0.0113. The fourth-order valence-electron chi connectivity index (χ4n) is 4.05. The van der Waals surface area contributed by atoms with Crippen LogP contribution >= 0.6 is 46.4 Å². The molecule has 3 aromatic carbocycles. The number of rotatable bonds is 12. The van der Waals surface area contributed by atoms with Gasteiger partial charge in [-0.3, -0.25) is 9.59 Å². The Bertz CT molecular complexity index is 1530. The molecule has 3 N–H and O–H groups in total. The Morgan fingerprint density at radius 1 is 0.826 bits per heavy atom. The van der Waals surface area contributed by atoms with Crippen LogP contribution in [0.3, 0.4) is 0 Å². The minimum atomic E-state index is -1.08. The van der Waals surface area contributed by atoms with Crippen LogP contribution in [-0.4, -0.2) is 55.8 Å². The second-order valence-electron chi connectivity index (χ2n) is 10.9. The van der Waals surface area contributed by atoms with Crippen molar-refractivity contribution < 1.29 is 33.4 Å². The van der Waals surface area contributed by atoms with E-state index in [9.17, 15) is 19.2 Å². The van der Waals surface area contributed by atoms with Crippen molar-refractivity contribution in [3.63, 3.8) is 0 Å². The molecule has 3 amide bonds. The Balaban J connectivity index is 1.60. The Labute approximate surface area is 287 Å². The van der Waals surface area contributed by atoms with Gasteiger partial charge in [0.15, 0.2) is 0 Å². The Morgan fingerprint density at radius 2 is 1.41 bits per heavy atom. The summed E-state index contributed by atoms with van der Waals surface area (Å²) in [4.78, 5) is 50.2. The molecule has 3 aromatic rings. The number of alkyl carbamates (subject to hydrolysis) is 1. The predicted octanol–water partition coefficient (Wildman–Crippen LogP) is 7.36. The van der Waals surface area contributed by atoms with Crippen molar-refractivity contribution in [1.82, 2.24) is 10.6 Å². The lowest BCUT2D eigenvalue weighted by Crippen LogP contribution is -2.43. The Hall–Kier alpha value is -3.70. The molecular formula is C32H33Cl4N3O7. The molecule has 10 nitrogen and oxygen atoms in total. The molecule has 0 aliphatic rings. The van der Waals surface area contributed by atoms with Crippen molar-refractivity contribution in [3.05, 3.63) is 91.4 Å². The van der Waals surface area contributed by atoms with Gasteiger partial charge in [0.2, 0.25) is 0 Å². The molecule has 0 spiro atoms. The van der Waals surface area contributed by atoms with Crippen molar-refractivity contribution in [2.45, 2.75) is 45.3 Å². The van der Waals surface area contributed by atoms with Gasteiger partial charge < -0.3 is 30.2 Å². The van der Waals surface area contributed by atoms with E-state index in [2.05, 4.69) is 16.0 Å². The van der Waals surface area contributed by atoms with E-state index in [0.29, 0.717) is 30.0 Å². The molecule has 14 heteroatoms. The first-order chi connectivity index (χ1) is 21.7. The molecular weight excluding hydrogens is 680 g/mol. The molecule has 0 unspecified atom stereocenters. The SMILES string of the molecule is COC(=O)[C@H](Cc1ccc(NC(=O)c2c(Cl)cccc2Cl)cc1)NC(=O)c1c(Cl)cc(OCCCNC(=O)OC(C)(C)C)cc1Cl. The lowest BCUT2D eigenvalue weighted by atomic mass is 10.0. The zero-order valence-corrected chi connectivity index (χ0v) is 28.5. The number of benzene rings is 3. The summed E-state index contributed by atoms with van der Waals surface area (Å²) >= 11 is 25.0. The first kappa shape index (κ1) is 36.8. The van der Waals surface area contributed by atoms with Gasteiger partial charge in [-0.15, -0.1) is 0 Å². The van der Waals surface area contributed by atoms with Crippen molar-refractivity contribution in [3.8, 4) is 5.75 Å². The number of amides is 3. The molecule has 0 aliphatic heterocycles. The van der Waals surface area contributed by atoms with Gasteiger partial charge in [-0.1, -0.05) is 64.6 Å². The van der Waals surface area contributed by atoms with Gasteiger partial charge in [0.25, 0.3) is 11.8 Å². The Morgan fingerprint density at radius 3 is 1.98 bits per heavy atom. The second kappa shape index (κ2) is 16.7. The number of hydrogen-bond acceptors (Lipinski definition) is 7. The summed E-state index contributed by atoms with van der Waals surface area (Å²) in [5, 5.41) is 8.43. The van der Waals surface area contributed by atoms with Crippen LogP contribution in [-0.2, 0) is 20.7 Å². The van der Waals surface area contributed by atoms with E-state index in [1.165, 1.54) is 19.2 Å². The third kappa shape index (κ3) is 11.0. The van der Waals surface area contributed by atoms with Crippen LogP contribution in [0.4, 0.5) is 10.5 Å². The van der Waals surface area contributed by atoms with Crippen LogP contribution < -0.4 is 20.7 Å². The molecule has 246 valence electrons. The lowest BCUT2D eigenvalue weighted by Gasteiger charge is -2.19. The molecule has 0 bridgehead atoms. The van der Waals surface area contributed by atoms with Gasteiger partial charge in [-0.25, -0.2) is 9.59 Å². The summed E-state index contributed by atoms with van der Waals surface area (Å²) in [6, 6.07) is 13.2. The minimum Gasteiger partial charge on any atom is -0.493 e. The summed E-state index contributed by atoms with van der Waals surface area (Å²) < 4.78 is 15.7. The zero-order chi connectivity index (χ0) is 34.0. The average molecular weight is 713 g/mol. The first-order valence-corrected chi connectivity index (χ1v) is 15.5. The number of nitrogens with one attached hydrogen (secondary N) is 3. The molecule has 0 fully saturated rings. The summed E-state index contributed by atoms with van der Waals surface area (Å²) in [6.45, 7) is 5.86. The number of esters is 1. The van der Waals surface area contributed by atoms with Gasteiger partial charge >= 0.3 is 12.1 Å². The number of carbonyl (C=O) groups is 4. The largest absolute Gasteiger partial charge is 0.493 e. The van der Waals surface area contributed by atoms with E-state index in [0.717, 1.165) is 0 Å². The van der Waals surface area contributed by atoms with E-state index in [4.69, 9.17) is 60.6 Å². The third-order valence-corrected chi connectivity index (χ3v) is 7.36. The monoisotopic (exact) mass is 711 g/mol. The molecule has 46 heavy (non-hydrogen) atoms. The third-order valence-electron chi connectivity index (χ3n) is 6.13. The molecule has 0 saturated heterocycles. The number of carbonyl (C=O) groups excluding carboxylic acids is 4. The molecule has 0 aromatic heterocycles. The van der Waals surface area contributed by atoms with Crippen LogP contribution in [0.25, 0.3) is 0 Å². The zero-order valence-electron chi connectivity index (χ0n) is 25.5. The standard InChI is InChI=1S/C32H33Cl4N3O7/c1-32(2,3)46-31(43)37-13-6-14-45-20-16-23(35)27(24(36)17-20)29(41)39-25(30(42)44-4)15-18-9-11-19(12-10-18)38-28(40)26-21(33)7-5-8-22(26)34/h5,7-12,16-17,25H,6,13-15H2,1-4H3,(H,37,43)(H,38,40)(H,39,41)/t25-/m0/s1. The van der Waals surface area contributed by atoms with Gasteiger partial charge in [0.05, 0.1) is 44.9 Å².